The van der Waals surface area contributed by atoms with Crippen molar-refractivity contribution >= 4 is 29.2 Å². The van der Waals surface area contributed by atoms with E-state index in [0.29, 0.717) is 22.7 Å². The van der Waals surface area contributed by atoms with Crippen molar-refractivity contribution in [3.63, 3.8) is 0 Å². The van der Waals surface area contributed by atoms with Crippen molar-refractivity contribution in [3.8, 4) is 0 Å². The quantitative estimate of drug-likeness (QED) is 0.215. The van der Waals surface area contributed by atoms with Crippen molar-refractivity contribution in [2.24, 2.45) is 0 Å². The molecule has 5 nitrogen and oxygen atoms in total. The van der Waals surface area contributed by atoms with E-state index in [1.807, 2.05) is 67.6 Å². The summed E-state index contributed by atoms with van der Waals surface area (Å²) in [5.41, 5.74) is 5.85. The van der Waals surface area contributed by atoms with E-state index < -0.39 is 5.97 Å². The summed E-state index contributed by atoms with van der Waals surface area (Å²) in [5.74, 6) is -0.472. The number of rotatable bonds is 9. The number of halogens is 1. The lowest BCUT2D eigenvalue weighted by atomic mass is 9.97. The van der Waals surface area contributed by atoms with Crippen LogP contribution in [-0.2, 0) is 19.1 Å². The van der Waals surface area contributed by atoms with Crippen LogP contribution in [0.5, 0.6) is 0 Å². The van der Waals surface area contributed by atoms with Gasteiger partial charge in [0.05, 0.1) is 20.5 Å². The number of hydrogen-bond donors (Lipinski definition) is 1. The van der Waals surface area contributed by atoms with Gasteiger partial charge in [0.1, 0.15) is 11.7 Å². The van der Waals surface area contributed by atoms with Crippen molar-refractivity contribution in [1.29, 1.82) is 0 Å². The predicted octanol–water partition coefficient (Wildman–Crippen LogP) is 4.80. The van der Waals surface area contributed by atoms with Crippen LogP contribution in [0.1, 0.15) is 29.7 Å². The summed E-state index contributed by atoms with van der Waals surface area (Å²) in [6.07, 6.45) is 5.00. The summed E-state index contributed by atoms with van der Waals surface area (Å²) in [6.45, 7) is 2.42. The van der Waals surface area contributed by atoms with Crippen LogP contribution in [-0.4, -0.2) is 26.7 Å². The van der Waals surface area contributed by atoms with Crippen LogP contribution in [0.3, 0.4) is 0 Å². The van der Waals surface area contributed by atoms with E-state index in [1.165, 1.54) is 20.5 Å². The molecular formula is C22H24ClNO4. The number of benzene rings is 2. The van der Waals surface area contributed by atoms with Crippen LogP contribution in [0, 0.1) is 0 Å². The summed E-state index contributed by atoms with van der Waals surface area (Å²) in [4.78, 5) is 17.8. The lowest BCUT2D eigenvalue weighted by Gasteiger charge is -2.17. The highest BCUT2D eigenvalue weighted by atomic mass is 35.5. The van der Waals surface area contributed by atoms with Crippen molar-refractivity contribution < 1.29 is 19.1 Å². The first-order valence-corrected chi connectivity index (χ1v) is 9.15. The molecule has 0 amide bonds. The lowest BCUT2D eigenvalue weighted by molar-refractivity contribution is -0.133. The third kappa shape index (κ3) is 6.23. The van der Waals surface area contributed by atoms with E-state index in [4.69, 9.17) is 25.9 Å². The van der Waals surface area contributed by atoms with E-state index >= 15 is 0 Å². The van der Waals surface area contributed by atoms with Crippen LogP contribution in [0.2, 0.25) is 5.02 Å². The fourth-order valence-electron chi connectivity index (χ4n) is 2.60. The second kappa shape index (κ2) is 11.3. The number of hydroxylamine groups is 1. The Labute approximate surface area is 170 Å². The normalized spacial score (nSPS) is 12.8. The molecule has 2 aromatic carbocycles. The molecule has 0 heterocycles. The molecule has 2 rings (SSSR count). The molecule has 0 aliphatic carbocycles. The maximum atomic E-state index is 12.1. The molecule has 0 aromatic heterocycles. The summed E-state index contributed by atoms with van der Waals surface area (Å²) < 4.78 is 9.90. The molecule has 148 valence electrons. The molecule has 0 saturated heterocycles. The molecule has 0 radical (unpaired) electrons. The average Bonchev–Trinajstić information content (AvgIpc) is 2.72. The van der Waals surface area contributed by atoms with Gasteiger partial charge >= 0.3 is 5.97 Å². The van der Waals surface area contributed by atoms with Gasteiger partial charge in [0.25, 0.3) is 0 Å². The first-order valence-electron chi connectivity index (χ1n) is 8.78. The van der Waals surface area contributed by atoms with Crippen molar-refractivity contribution in [2.45, 2.75) is 13.0 Å². The zero-order valence-electron chi connectivity index (χ0n) is 16.1. The summed E-state index contributed by atoms with van der Waals surface area (Å²) >= 11 is 5.87. The van der Waals surface area contributed by atoms with Crippen LogP contribution < -0.4 is 5.48 Å². The van der Waals surface area contributed by atoms with Gasteiger partial charge in [0.15, 0.2) is 0 Å². The maximum Gasteiger partial charge on any atom is 0.341 e. The summed E-state index contributed by atoms with van der Waals surface area (Å²) in [5, 5.41) is 0.708. The first-order chi connectivity index (χ1) is 13.6. The summed E-state index contributed by atoms with van der Waals surface area (Å²) in [6, 6.07) is 15.0. The second-order valence-electron chi connectivity index (χ2n) is 5.91. The molecule has 0 aliphatic heterocycles. The molecule has 2 aromatic rings. The second-order valence-corrected chi connectivity index (χ2v) is 6.34. The number of ether oxygens (including phenoxy) is 2. The van der Waals surface area contributed by atoms with E-state index in [2.05, 4.69) is 5.48 Å². The highest BCUT2D eigenvalue weighted by Gasteiger charge is 2.19. The Morgan fingerprint density at radius 3 is 2.54 bits per heavy atom. The molecule has 1 atom stereocenters. The average molecular weight is 402 g/mol. The minimum Gasteiger partial charge on any atom is -0.503 e. The summed E-state index contributed by atoms with van der Waals surface area (Å²) in [7, 11) is 2.82. The number of methoxy groups -OCH3 is 2. The molecule has 1 unspecified atom stereocenters. The first kappa shape index (κ1) is 21.7. The van der Waals surface area contributed by atoms with Crippen LogP contribution in [0.15, 0.2) is 60.9 Å². The number of carbonyl (C=O) groups excluding carboxylic acids is 1. The smallest absolute Gasteiger partial charge is 0.341 e. The Morgan fingerprint density at radius 1 is 1.14 bits per heavy atom. The van der Waals surface area contributed by atoms with E-state index in [1.54, 1.807) is 0 Å². The standard InChI is InChI=1S/C22H24ClNO4/c1-16(28-24-14-6-7-17-10-12-18(23)13-11-17)19-8-4-5-9-20(19)21(15-26-2)22(25)27-3/h4-13,15-16,24H,14H2,1-3H3. The van der Waals surface area contributed by atoms with E-state index in [-0.39, 0.29) is 6.10 Å². The largest absolute Gasteiger partial charge is 0.503 e. The monoisotopic (exact) mass is 401 g/mol. The van der Waals surface area contributed by atoms with Gasteiger partial charge in [-0.15, -0.1) is 0 Å². The number of carbonyl (C=O) groups is 1. The molecule has 28 heavy (non-hydrogen) atoms. The van der Waals surface area contributed by atoms with Crippen molar-refractivity contribution in [3.05, 3.63) is 82.6 Å². The topological polar surface area (TPSA) is 56.8 Å². The van der Waals surface area contributed by atoms with Crippen molar-refractivity contribution in [1.82, 2.24) is 5.48 Å². The van der Waals surface area contributed by atoms with E-state index in [9.17, 15) is 4.79 Å². The zero-order valence-corrected chi connectivity index (χ0v) is 16.9. The van der Waals surface area contributed by atoms with Gasteiger partial charge in [0, 0.05) is 11.6 Å². The van der Waals surface area contributed by atoms with Gasteiger partial charge in [-0.3, -0.25) is 4.84 Å². The fraction of sp³-hybridized carbons (Fsp3) is 0.227. The molecular weight excluding hydrogens is 378 g/mol. The minimum absolute atomic E-state index is 0.301. The molecule has 0 spiro atoms. The lowest BCUT2D eigenvalue weighted by Crippen LogP contribution is -2.18. The fourth-order valence-corrected chi connectivity index (χ4v) is 2.73. The molecule has 0 fully saturated rings. The van der Waals surface area contributed by atoms with E-state index in [0.717, 1.165) is 11.1 Å². The third-order valence-electron chi connectivity index (χ3n) is 3.97. The highest BCUT2D eigenvalue weighted by Crippen LogP contribution is 2.27. The SMILES string of the molecule is COC=C(C(=O)OC)c1ccccc1C(C)ONCC=Cc1ccc(Cl)cc1. The predicted molar refractivity (Wildman–Crippen MR) is 111 cm³/mol. The number of esters is 1. The van der Waals surface area contributed by atoms with Crippen LogP contribution in [0.4, 0.5) is 0 Å². The van der Waals surface area contributed by atoms with Crippen LogP contribution >= 0.6 is 11.6 Å². The zero-order chi connectivity index (χ0) is 20.4. The van der Waals surface area contributed by atoms with Gasteiger partial charge in [-0.2, -0.15) is 5.48 Å². The number of hydrogen-bond acceptors (Lipinski definition) is 5. The van der Waals surface area contributed by atoms with Crippen LogP contribution in [0.25, 0.3) is 11.6 Å². The minimum atomic E-state index is -0.472. The van der Waals surface area contributed by atoms with Gasteiger partial charge in [-0.25, -0.2) is 4.79 Å². The molecule has 0 saturated carbocycles. The van der Waals surface area contributed by atoms with Crippen molar-refractivity contribution in [2.75, 3.05) is 20.8 Å². The molecule has 0 aliphatic rings. The Balaban J connectivity index is 2.00. The van der Waals surface area contributed by atoms with Gasteiger partial charge in [0.2, 0.25) is 0 Å². The Morgan fingerprint density at radius 2 is 1.86 bits per heavy atom. The number of nitrogens with one attached hydrogen (secondary N) is 1. The Hall–Kier alpha value is -2.60. The van der Waals surface area contributed by atoms with Gasteiger partial charge < -0.3 is 9.47 Å². The van der Waals surface area contributed by atoms with Gasteiger partial charge in [-0.1, -0.05) is 60.2 Å². The Kier molecular flexibility index (Phi) is 8.75. The third-order valence-corrected chi connectivity index (χ3v) is 4.22. The highest BCUT2D eigenvalue weighted by molar-refractivity contribution is 6.30. The molecule has 0 bridgehead atoms. The van der Waals surface area contributed by atoms with Gasteiger partial charge in [-0.05, 0) is 35.7 Å². The Bertz CT molecular complexity index is 831. The maximum absolute atomic E-state index is 12.1. The molecule has 1 N–H and O–H groups in total. The molecule has 6 heteroatoms.